The Morgan fingerprint density at radius 1 is 1.44 bits per heavy atom. The zero-order valence-electron chi connectivity index (χ0n) is 10.7. The summed E-state index contributed by atoms with van der Waals surface area (Å²) in [4.78, 5) is 14.2. The Kier molecular flexibility index (Phi) is 2.99. The van der Waals surface area contributed by atoms with Crippen LogP contribution in [0.3, 0.4) is 0 Å². The van der Waals surface area contributed by atoms with Gasteiger partial charge in [0.2, 0.25) is 5.91 Å². The first-order valence-electron chi connectivity index (χ1n) is 5.95. The van der Waals surface area contributed by atoms with Crippen LogP contribution in [-0.4, -0.2) is 39.2 Å². The van der Waals surface area contributed by atoms with Crippen molar-refractivity contribution in [2.45, 2.75) is 69.4 Å². The van der Waals surface area contributed by atoms with Crippen molar-refractivity contribution >= 4 is 17.7 Å². The van der Waals surface area contributed by atoms with Gasteiger partial charge in [0, 0.05) is 10.8 Å². The summed E-state index contributed by atoms with van der Waals surface area (Å²) in [5.41, 5.74) is 0. The molecule has 0 spiro atoms. The van der Waals surface area contributed by atoms with Gasteiger partial charge in [-0.1, -0.05) is 20.8 Å². The molecule has 2 aliphatic rings. The fourth-order valence-corrected chi connectivity index (χ4v) is 3.59. The number of carbonyl (C=O) groups excluding carboxylic acids is 1. The van der Waals surface area contributed by atoms with E-state index in [9.17, 15) is 4.79 Å². The monoisotopic (exact) mass is 243 g/mol. The Labute approximate surface area is 102 Å². The van der Waals surface area contributed by atoms with Crippen LogP contribution in [0, 0.1) is 0 Å². The number of carbonyl (C=O) groups is 1. The quantitative estimate of drug-likeness (QED) is 0.697. The van der Waals surface area contributed by atoms with Crippen LogP contribution < -0.4 is 0 Å². The summed E-state index contributed by atoms with van der Waals surface area (Å²) >= 11 is 1.77. The summed E-state index contributed by atoms with van der Waals surface area (Å²) < 4.78 is 5.69. The van der Waals surface area contributed by atoms with Crippen molar-refractivity contribution in [1.82, 2.24) is 4.90 Å². The van der Waals surface area contributed by atoms with Crippen LogP contribution in [0.1, 0.15) is 41.0 Å². The maximum Gasteiger partial charge on any atom is 0.238 e. The number of amides is 1. The molecule has 92 valence electrons. The third-order valence-corrected chi connectivity index (χ3v) is 4.24. The third kappa shape index (κ3) is 2.38. The normalized spacial score (nSPS) is 34.2. The molecule has 3 unspecified atom stereocenters. The molecular formula is C12H21NO2S. The van der Waals surface area contributed by atoms with Gasteiger partial charge in [0.15, 0.2) is 6.23 Å². The first-order chi connectivity index (χ1) is 7.29. The molecule has 0 bridgehead atoms. The largest absolute Gasteiger partial charge is 0.348 e. The van der Waals surface area contributed by atoms with Gasteiger partial charge in [-0.15, -0.1) is 11.8 Å². The number of likely N-dealkylation sites (tertiary alicyclic amines) is 1. The molecule has 2 aliphatic heterocycles. The van der Waals surface area contributed by atoms with E-state index in [1.54, 1.807) is 11.8 Å². The van der Waals surface area contributed by atoms with Crippen LogP contribution in [0.5, 0.6) is 0 Å². The van der Waals surface area contributed by atoms with Crippen molar-refractivity contribution in [2.24, 2.45) is 0 Å². The summed E-state index contributed by atoms with van der Waals surface area (Å²) in [6, 6.07) is 0.242. The number of nitrogens with zero attached hydrogens (tertiary/aromatic N) is 1. The number of piperidine rings is 1. The number of epoxide rings is 1. The summed E-state index contributed by atoms with van der Waals surface area (Å²) in [7, 11) is 0. The van der Waals surface area contributed by atoms with Crippen LogP contribution in [-0.2, 0) is 9.53 Å². The molecule has 0 aromatic carbocycles. The van der Waals surface area contributed by atoms with E-state index in [2.05, 4.69) is 34.6 Å². The first-order valence-corrected chi connectivity index (χ1v) is 6.83. The van der Waals surface area contributed by atoms with E-state index in [0.717, 1.165) is 6.42 Å². The standard InChI is InChI=1S/C12H21NO2S/c1-7(2)13-10(14)9(16-12(3,4)5)6-8-11(13)15-8/h7-9,11H,6H2,1-5H3. The van der Waals surface area contributed by atoms with Gasteiger partial charge in [-0.3, -0.25) is 4.79 Å². The van der Waals surface area contributed by atoms with Gasteiger partial charge in [0.05, 0.1) is 5.25 Å². The van der Waals surface area contributed by atoms with Crippen molar-refractivity contribution in [2.75, 3.05) is 0 Å². The van der Waals surface area contributed by atoms with Gasteiger partial charge in [0.25, 0.3) is 0 Å². The molecule has 0 aliphatic carbocycles. The van der Waals surface area contributed by atoms with Crippen LogP contribution in [0.2, 0.25) is 0 Å². The molecule has 16 heavy (non-hydrogen) atoms. The summed E-state index contributed by atoms with van der Waals surface area (Å²) in [5, 5.41) is 0.0751. The summed E-state index contributed by atoms with van der Waals surface area (Å²) in [6.45, 7) is 10.6. The van der Waals surface area contributed by atoms with E-state index in [0.29, 0.717) is 6.10 Å². The maximum absolute atomic E-state index is 12.3. The van der Waals surface area contributed by atoms with Crippen molar-refractivity contribution in [3.05, 3.63) is 0 Å². The van der Waals surface area contributed by atoms with Gasteiger partial charge in [-0.2, -0.15) is 0 Å². The van der Waals surface area contributed by atoms with Crippen molar-refractivity contribution in [1.29, 1.82) is 0 Å². The lowest BCUT2D eigenvalue weighted by molar-refractivity contribution is -0.135. The van der Waals surface area contributed by atoms with Crippen molar-refractivity contribution in [3.8, 4) is 0 Å². The molecular weight excluding hydrogens is 222 g/mol. The fourth-order valence-electron chi connectivity index (χ4n) is 2.23. The molecule has 0 saturated carbocycles. The minimum Gasteiger partial charge on any atom is -0.348 e. The van der Waals surface area contributed by atoms with Gasteiger partial charge in [-0.25, -0.2) is 0 Å². The number of fused-ring (bicyclic) bond motifs is 1. The summed E-state index contributed by atoms with van der Waals surface area (Å²) in [6.07, 6.45) is 1.25. The van der Waals surface area contributed by atoms with E-state index < -0.39 is 0 Å². The highest BCUT2D eigenvalue weighted by atomic mass is 32.2. The molecule has 4 heteroatoms. The number of thioether (sulfide) groups is 1. The SMILES string of the molecule is CC(C)N1C(=O)C(SC(C)(C)C)CC2OC21. The minimum absolute atomic E-state index is 0.0734. The molecule has 2 rings (SSSR count). The maximum atomic E-state index is 12.3. The second kappa shape index (κ2) is 3.91. The third-order valence-electron chi connectivity index (χ3n) is 2.86. The van der Waals surface area contributed by atoms with Crippen molar-refractivity contribution < 1.29 is 9.53 Å². The van der Waals surface area contributed by atoms with Gasteiger partial charge in [0.1, 0.15) is 6.10 Å². The van der Waals surface area contributed by atoms with E-state index in [4.69, 9.17) is 4.74 Å². The number of hydrogen-bond donors (Lipinski definition) is 0. The molecule has 1 amide bonds. The Morgan fingerprint density at radius 3 is 2.56 bits per heavy atom. The molecule has 3 atom stereocenters. The highest BCUT2D eigenvalue weighted by molar-refractivity contribution is 8.01. The Hall–Kier alpha value is -0.220. The molecule has 2 heterocycles. The summed E-state index contributed by atoms with van der Waals surface area (Å²) in [5.74, 6) is 0.258. The van der Waals surface area contributed by atoms with E-state index >= 15 is 0 Å². The molecule has 0 radical (unpaired) electrons. The van der Waals surface area contributed by atoms with Crippen LogP contribution in [0.25, 0.3) is 0 Å². The van der Waals surface area contributed by atoms with Gasteiger partial charge in [-0.05, 0) is 20.3 Å². The minimum atomic E-state index is 0.0734. The fraction of sp³-hybridized carbons (Fsp3) is 0.917. The number of hydrogen-bond acceptors (Lipinski definition) is 3. The van der Waals surface area contributed by atoms with E-state index in [1.165, 1.54) is 0 Å². The topological polar surface area (TPSA) is 32.8 Å². The predicted octanol–water partition coefficient (Wildman–Crippen LogP) is 2.25. The highest BCUT2D eigenvalue weighted by Gasteiger charge is 2.54. The molecule has 0 aromatic heterocycles. The predicted molar refractivity (Wildman–Crippen MR) is 66.4 cm³/mol. The van der Waals surface area contributed by atoms with E-state index in [-0.39, 0.29) is 28.2 Å². The second-order valence-electron chi connectivity index (χ2n) is 5.86. The number of ether oxygens (including phenoxy) is 1. The Balaban J connectivity index is 2.08. The Morgan fingerprint density at radius 2 is 2.06 bits per heavy atom. The van der Waals surface area contributed by atoms with Gasteiger partial charge >= 0.3 is 0 Å². The lowest BCUT2D eigenvalue weighted by atomic mass is 10.1. The van der Waals surface area contributed by atoms with Crippen LogP contribution in [0.4, 0.5) is 0 Å². The lowest BCUT2D eigenvalue weighted by Gasteiger charge is -2.34. The smallest absolute Gasteiger partial charge is 0.238 e. The first kappa shape index (κ1) is 12.2. The molecule has 2 fully saturated rings. The lowest BCUT2D eigenvalue weighted by Crippen LogP contribution is -2.49. The number of rotatable bonds is 2. The zero-order valence-corrected chi connectivity index (χ0v) is 11.5. The zero-order chi connectivity index (χ0) is 12.1. The second-order valence-corrected chi connectivity index (χ2v) is 7.89. The van der Waals surface area contributed by atoms with Crippen LogP contribution in [0.15, 0.2) is 0 Å². The average molecular weight is 243 g/mol. The highest BCUT2D eigenvalue weighted by Crippen LogP contribution is 2.43. The van der Waals surface area contributed by atoms with Crippen LogP contribution >= 0.6 is 11.8 Å². The molecule has 0 aromatic rings. The Bertz CT molecular complexity index is 298. The van der Waals surface area contributed by atoms with Gasteiger partial charge < -0.3 is 9.64 Å². The molecule has 3 nitrogen and oxygen atoms in total. The van der Waals surface area contributed by atoms with E-state index in [1.807, 2.05) is 4.90 Å². The molecule has 2 saturated heterocycles. The molecule has 0 N–H and O–H groups in total. The average Bonchev–Trinajstić information content (AvgIpc) is 2.79. The van der Waals surface area contributed by atoms with Crippen molar-refractivity contribution in [3.63, 3.8) is 0 Å².